The molecule has 160 valence electrons. The standard InChI is InChI=1S/C21H25ClN4O3S/c22-17-5-8-19(9-6-17)30(28,29)26-13-3-4-16(15-26)21(27)24-18-7-10-20(23-14-18)25-11-1-2-12-25/h5-10,14,16H,1-4,11-13,15H2,(H,24,27). The first-order valence-electron chi connectivity index (χ1n) is 10.2. The van der Waals surface area contributed by atoms with Crippen LogP contribution in [0.1, 0.15) is 25.7 Å². The highest BCUT2D eigenvalue weighted by atomic mass is 35.5. The lowest BCUT2D eigenvalue weighted by Gasteiger charge is -2.31. The predicted octanol–water partition coefficient (Wildman–Crippen LogP) is 3.37. The molecular weight excluding hydrogens is 424 g/mol. The van der Waals surface area contributed by atoms with E-state index in [1.165, 1.54) is 29.3 Å². The second-order valence-corrected chi connectivity index (χ2v) is 10.1. The van der Waals surface area contributed by atoms with Crippen LogP contribution in [0.5, 0.6) is 0 Å². The lowest BCUT2D eigenvalue weighted by molar-refractivity contribution is -0.120. The molecule has 1 unspecified atom stereocenters. The normalized spacial score (nSPS) is 20.3. The van der Waals surface area contributed by atoms with Gasteiger partial charge in [-0.1, -0.05) is 11.6 Å². The highest BCUT2D eigenvalue weighted by Gasteiger charge is 2.33. The molecule has 2 saturated heterocycles. The van der Waals surface area contributed by atoms with E-state index in [-0.39, 0.29) is 17.3 Å². The van der Waals surface area contributed by atoms with Crippen LogP contribution in [0.15, 0.2) is 47.5 Å². The van der Waals surface area contributed by atoms with Crippen molar-refractivity contribution in [1.29, 1.82) is 0 Å². The van der Waals surface area contributed by atoms with Crippen molar-refractivity contribution in [3.63, 3.8) is 0 Å². The Kier molecular flexibility index (Phi) is 6.26. The fourth-order valence-electron chi connectivity index (χ4n) is 3.97. The molecule has 0 spiro atoms. The number of pyridine rings is 1. The molecule has 3 heterocycles. The number of carbonyl (C=O) groups is 1. The summed E-state index contributed by atoms with van der Waals surface area (Å²) in [5, 5.41) is 3.37. The third kappa shape index (κ3) is 4.61. The average Bonchev–Trinajstić information content (AvgIpc) is 3.30. The number of sulfonamides is 1. The molecule has 0 radical (unpaired) electrons. The minimum atomic E-state index is -3.66. The van der Waals surface area contributed by atoms with E-state index in [0.717, 1.165) is 18.9 Å². The molecule has 0 aliphatic carbocycles. The first kappa shape index (κ1) is 21.1. The lowest BCUT2D eigenvalue weighted by atomic mass is 9.99. The van der Waals surface area contributed by atoms with Crippen molar-refractivity contribution in [3.8, 4) is 0 Å². The zero-order chi connectivity index (χ0) is 21.1. The van der Waals surface area contributed by atoms with Gasteiger partial charge in [0.2, 0.25) is 15.9 Å². The van der Waals surface area contributed by atoms with Gasteiger partial charge in [-0.15, -0.1) is 0 Å². The maximum atomic E-state index is 12.9. The summed E-state index contributed by atoms with van der Waals surface area (Å²) in [6.07, 6.45) is 5.31. The highest BCUT2D eigenvalue weighted by Crippen LogP contribution is 2.26. The largest absolute Gasteiger partial charge is 0.357 e. The van der Waals surface area contributed by atoms with Crippen LogP contribution in [0, 0.1) is 5.92 Å². The van der Waals surface area contributed by atoms with Gasteiger partial charge in [0.15, 0.2) is 0 Å². The predicted molar refractivity (Wildman–Crippen MR) is 117 cm³/mol. The SMILES string of the molecule is O=C(Nc1ccc(N2CCCC2)nc1)C1CCCN(S(=O)(=O)c2ccc(Cl)cc2)C1. The molecule has 0 saturated carbocycles. The van der Waals surface area contributed by atoms with E-state index < -0.39 is 15.9 Å². The number of carbonyl (C=O) groups excluding carboxylic acids is 1. The van der Waals surface area contributed by atoms with Crippen molar-refractivity contribution in [1.82, 2.24) is 9.29 Å². The summed E-state index contributed by atoms with van der Waals surface area (Å²) < 4.78 is 27.2. The Hall–Kier alpha value is -2.16. The number of nitrogens with one attached hydrogen (secondary N) is 1. The van der Waals surface area contributed by atoms with Gasteiger partial charge in [-0.05, 0) is 62.1 Å². The van der Waals surface area contributed by atoms with E-state index in [9.17, 15) is 13.2 Å². The number of aromatic nitrogens is 1. The van der Waals surface area contributed by atoms with E-state index in [1.807, 2.05) is 12.1 Å². The van der Waals surface area contributed by atoms with Gasteiger partial charge in [-0.3, -0.25) is 4.79 Å². The fraction of sp³-hybridized carbons (Fsp3) is 0.429. The van der Waals surface area contributed by atoms with Gasteiger partial charge in [-0.2, -0.15) is 4.31 Å². The Bertz CT molecular complexity index is 990. The summed E-state index contributed by atoms with van der Waals surface area (Å²) in [6.45, 7) is 2.59. The van der Waals surface area contributed by atoms with Crippen LogP contribution in [-0.4, -0.2) is 49.8 Å². The molecule has 4 rings (SSSR count). The molecule has 1 aromatic carbocycles. The Morgan fingerprint density at radius 2 is 1.77 bits per heavy atom. The van der Waals surface area contributed by atoms with E-state index in [4.69, 9.17) is 11.6 Å². The molecule has 1 atom stereocenters. The Labute approximate surface area is 182 Å². The number of amides is 1. The Morgan fingerprint density at radius 3 is 2.43 bits per heavy atom. The van der Waals surface area contributed by atoms with Gasteiger partial charge < -0.3 is 10.2 Å². The second kappa shape index (κ2) is 8.91. The maximum absolute atomic E-state index is 12.9. The molecule has 1 amide bonds. The monoisotopic (exact) mass is 448 g/mol. The minimum Gasteiger partial charge on any atom is -0.357 e. The topological polar surface area (TPSA) is 82.6 Å². The molecule has 2 fully saturated rings. The summed E-state index contributed by atoms with van der Waals surface area (Å²) in [5.41, 5.74) is 0.626. The van der Waals surface area contributed by atoms with E-state index in [2.05, 4.69) is 15.2 Å². The maximum Gasteiger partial charge on any atom is 0.243 e. The van der Waals surface area contributed by atoms with Crippen molar-refractivity contribution < 1.29 is 13.2 Å². The number of hydrogen-bond donors (Lipinski definition) is 1. The lowest BCUT2D eigenvalue weighted by Crippen LogP contribution is -2.43. The van der Waals surface area contributed by atoms with Gasteiger partial charge in [0, 0.05) is 31.2 Å². The van der Waals surface area contributed by atoms with Crippen LogP contribution in [-0.2, 0) is 14.8 Å². The fourth-order valence-corrected chi connectivity index (χ4v) is 5.62. The molecule has 1 aromatic heterocycles. The van der Waals surface area contributed by atoms with E-state index in [0.29, 0.717) is 30.1 Å². The number of hydrogen-bond acceptors (Lipinski definition) is 5. The van der Waals surface area contributed by atoms with Crippen LogP contribution >= 0.6 is 11.6 Å². The Morgan fingerprint density at radius 1 is 1.03 bits per heavy atom. The van der Waals surface area contributed by atoms with Crippen molar-refractivity contribution in [3.05, 3.63) is 47.6 Å². The average molecular weight is 449 g/mol. The first-order valence-corrected chi connectivity index (χ1v) is 12.0. The van der Waals surface area contributed by atoms with Crippen molar-refractivity contribution in [2.45, 2.75) is 30.6 Å². The summed E-state index contributed by atoms with van der Waals surface area (Å²) in [4.78, 5) is 19.6. The number of benzene rings is 1. The molecule has 1 N–H and O–H groups in total. The number of rotatable bonds is 5. The summed E-state index contributed by atoms with van der Waals surface area (Å²) in [6, 6.07) is 9.87. The van der Waals surface area contributed by atoms with Crippen molar-refractivity contribution >= 4 is 39.0 Å². The number of nitrogens with zero attached hydrogens (tertiary/aromatic N) is 3. The molecule has 2 aromatic rings. The van der Waals surface area contributed by atoms with Crippen LogP contribution in [0.3, 0.4) is 0 Å². The van der Waals surface area contributed by atoms with Crippen LogP contribution in [0.2, 0.25) is 5.02 Å². The summed E-state index contributed by atoms with van der Waals surface area (Å²) >= 11 is 5.87. The second-order valence-electron chi connectivity index (χ2n) is 7.74. The van der Waals surface area contributed by atoms with Gasteiger partial charge in [0.25, 0.3) is 0 Å². The van der Waals surface area contributed by atoms with Crippen molar-refractivity contribution in [2.75, 3.05) is 36.4 Å². The first-order chi connectivity index (χ1) is 14.4. The minimum absolute atomic E-state index is 0.163. The smallest absolute Gasteiger partial charge is 0.243 e. The Balaban J connectivity index is 1.40. The molecule has 2 aliphatic rings. The van der Waals surface area contributed by atoms with Gasteiger partial charge in [0.05, 0.1) is 22.7 Å². The van der Waals surface area contributed by atoms with Gasteiger partial charge in [0.1, 0.15) is 5.82 Å². The van der Waals surface area contributed by atoms with E-state index in [1.54, 1.807) is 18.3 Å². The molecular formula is C21H25ClN4O3S. The molecule has 7 nitrogen and oxygen atoms in total. The third-order valence-corrected chi connectivity index (χ3v) is 7.78. The molecule has 30 heavy (non-hydrogen) atoms. The highest BCUT2D eigenvalue weighted by molar-refractivity contribution is 7.89. The van der Waals surface area contributed by atoms with Crippen LogP contribution < -0.4 is 10.2 Å². The number of piperidine rings is 1. The zero-order valence-corrected chi connectivity index (χ0v) is 18.2. The molecule has 0 bridgehead atoms. The van der Waals surface area contributed by atoms with Gasteiger partial charge in [-0.25, -0.2) is 13.4 Å². The number of halogens is 1. The summed E-state index contributed by atoms with van der Waals surface area (Å²) in [7, 11) is -3.66. The zero-order valence-electron chi connectivity index (χ0n) is 16.6. The van der Waals surface area contributed by atoms with E-state index >= 15 is 0 Å². The van der Waals surface area contributed by atoms with Crippen LogP contribution in [0.25, 0.3) is 0 Å². The summed E-state index contributed by atoms with van der Waals surface area (Å²) in [5.74, 6) is 0.337. The van der Waals surface area contributed by atoms with Crippen LogP contribution in [0.4, 0.5) is 11.5 Å². The quantitative estimate of drug-likeness (QED) is 0.758. The molecule has 2 aliphatic heterocycles. The third-order valence-electron chi connectivity index (χ3n) is 5.65. The van der Waals surface area contributed by atoms with Crippen molar-refractivity contribution in [2.24, 2.45) is 5.92 Å². The molecule has 9 heteroatoms. The van der Waals surface area contributed by atoms with Gasteiger partial charge >= 0.3 is 0 Å². The number of anilines is 2.